The Morgan fingerprint density at radius 2 is 2.33 bits per heavy atom. The summed E-state index contributed by atoms with van der Waals surface area (Å²) in [5, 5.41) is 9.69. The van der Waals surface area contributed by atoms with Gasteiger partial charge in [0.15, 0.2) is 0 Å². The highest BCUT2D eigenvalue weighted by atomic mass is 16.5. The van der Waals surface area contributed by atoms with Gasteiger partial charge in [0.1, 0.15) is 5.69 Å². The van der Waals surface area contributed by atoms with Crippen molar-refractivity contribution in [2.75, 3.05) is 13.2 Å². The molecule has 1 heterocycles. The van der Waals surface area contributed by atoms with Gasteiger partial charge in [0.2, 0.25) is 0 Å². The minimum absolute atomic E-state index is 0.127. The molecule has 0 aliphatic heterocycles. The highest BCUT2D eigenvalue weighted by Crippen LogP contribution is 2.02. The van der Waals surface area contributed by atoms with E-state index in [1.54, 1.807) is 0 Å². The first kappa shape index (κ1) is 14.7. The van der Waals surface area contributed by atoms with E-state index in [0.29, 0.717) is 18.8 Å². The summed E-state index contributed by atoms with van der Waals surface area (Å²) in [6.45, 7) is 7.37. The molecule has 1 amide bonds. The van der Waals surface area contributed by atoms with Crippen LogP contribution in [0.3, 0.4) is 0 Å². The van der Waals surface area contributed by atoms with Gasteiger partial charge >= 0.3 is 0 Å². The first-order chi connectivity index (χ1) is 8.63. The third-order valence-corrected chi connectivity index (χ3v) is 2.44. The topological polar surface area (TPSA) is 67.0 Å². The van der Waals surface area contributed by atoms with Gasteiger partial charge in [-0.15, -0.1) is 0 Å². The summed E-state index contributed by atoms with van der Waals surface area (Å²) >= 11 is 0. The van der Waals surface area contributed by atoms with Crippen LogP contribution in [0.1, 0.15) is 49.8 Å². The van der Waals surface area contributed by atoms with Crippen molar-refractivity contribution in [3.63, 3.8) is 0 Å². The number of carbonyl (C=O) groups is 1. The van der Waals surface area contributed by atoms with Crippen molar-refractivity contribution in [3.05, 3.63) is 17.5 Å². The Morgan fingerprint density at radius 3 is 3.00 bits per heavy atom. The second kappa shape index (κ2) is 7.87. The first-order valence-electron chi connectivity index (χ1n) is 6.57. The second-order valence-electron chi connectivity index (χ2n) is 4.56. The number of ether oxygens (including phenoxy) is 1. The fourth-order valence-corrected chi connectivity index (χ4v) is 1.56. The van der Waals surface area contributed by atoms with E-state index in [-0.39, 0.29) is 12.0 Å². The van der Waals surface area contributed by atoms with E-state index in [2.05, 4.69) is 22.4 Å². The Bertz CT molecular complexity index is 361. The van der Waals surface area contributed by atoms with Gasteiger partial charge in [-0.1, -0.05) is 13.3 Å². The van der Waals surface area contributed by atoms with Crippen LogP contribution in [0.4, 0.5) is 0 Å². The highest BCUT2D eigenvalue weighted by molar-refractivity contribution is 5.92. The van der Waals surface area contributed by atoms with Gasteiger partial charge in [0.05, 0.1) is 6.10 Å². The molecule has 0 unspecified atom stereocenters. The molecule has 102 valence electrons. The summed E-state index contributed by atoms with van der Waals surface area (Å²) < 4.78 is 5.39. The van der Waals surface area contributed by atoms with Crippen LogP contribution in [-0.2, 0) is 11.2 Å². The summed E-state index contributed by atoms with van der Waals surface area (Å²) in [5.41, 5.74) is 1.47. The fourth-order valence-electron chi connectivity index (χ4n) is 1.56. The zero-order valence-corrected chi connectivity index (χ0v) is 11.5. The maximum Gasteiger partial charge on any atom is 0.271 e. The number of nitrogens with one attached hydrogen (secondary N) is 2. The molecular formula is C13H23N3O2. The van der Waals surface area contributed by atoms with E-state index in [4.69, 9.17) is 4.74 Å². The van der Waals surface area contributed by atoms with Gasteiger partial charge < -0.3 is 10.1 Å². The molecule has 0 radical (unpaired) electrons. The molecule has 0 aliphatic rings. The molecule has 0 bridgehead atoms. The fraction of sp³-hybridized carbons (Fsp3) is 0.692. The summed E-state index contributed by atoms with van der Waals surface area (Å²) in [6.07, 6.45) is 3.01. The van der Waals surface area contributed by atoms with Crippen molar-refractivity contribution in [1.29, 1.82) is 0 Å². The number of amides is 1. The van der Waals surface area contributed by atoms with Gasteiger partial charge in [0, 0.05) is 18.8 Å². The molecule has 5 nitrogen and oxygen atoms in total. The van der Waals surface area contributed by atoms with E-state index in [0.717, 1.165) is 25.0 Å². The molecule has 0 saturated heterocycles. The quantitative estimate of drug-likeness (QED) is 0.695. The molecule has 0 spiro atoms. The van der Waals surface area contributed by atoms with E-state index >= 15 is 0 Å². The number of aryl methyl sites for hydroxylation is 1. The van der Waals surface area contributed by atoms with E-state index in [9.17, 15) is 4.79 Å². The van der Waals surface area contributed by atoms with Gasteiger partial charge in [0.25, 0.3) is 5.91 Å². The van der Waals surface area contributed by atoms with Gasteiger partial charge in [-0.3, -0.25) is 9.89 Å². The SMILES string of the molecule is CCCc1cc(C(=O)NCCCOC(C)C)n[nH]1. The van der Waals surface area contributed by atoms with Crippen molar-refractivity contribution in [1.82, 2.24) is 15.5 Å². The van der Waals surface area contributed by atoms with Crippen LogP contribution < -0.4 is 5.32 Å². The first-order valence-corrected chi connectivity index (χ1v) is 6.57. The summed E-state index contributed by atoms with van der Waals surface area (Å²) in [4.78, 5) is 11.7. The smallest absolute Gasteiger partial charge is 0.271 e. The third-order valence-electron chi connectivity index (χ3n) is 2.44. The molecule has 1 rings (SSSR count). The van der Waals surface area contributed by atoms with Crippen molar-refractivity contribution >= 4 is 5.91 Å². The van der Waals surface area contributed by atoms with E-state index < -0.39 is 0 Å². The molecule has 2 N–H and O–H groups in total. The monoisotopic (exact) mass is 253 g/mol. The maximum absolute atomic E-state index is 11.7. The number of hydrogen-bond donors (Lipinski definition) is 2. The van der Waals surface area contributed by atoms with Crippen LogP contribution >= 0.6 is 0 Å². The highest BCUT2D eigenvalue weighted by Gasteiger charge is 2.09. The summed E-state index contributed by atoms with van der Waals surface area (Å²) in [5.74, 6) is -0.127. The lowest BCUT2D eigenvalue weighted by Gasteiger charge is -2.07. The lowest BCUT2D eigenvalue weighted by atomic mass is 10.2. The molecule has 18 heavy (non-hydrogen) atoms. The largest absolute Gasteiger partial charge is 0.379 e. The molecule has 0 aliphatic carbocycles. The average molecular weight is 253 g/mol. The normalized spacial score (nSPS) is 10.9. The van der Waals surface area contributed by atoms with Crippen LogP contribution in [0, 0.1) is 0 Å². The zero-order valence-electron chi connectivity index (χ0n) is 11.5. The molecule has 5 heteroatoms. The lowest BCUT2D eigenvalue weighted by molar-refractivity contribution is 0.0756. The zero-order chi connectivity index (χ0) is 13.4. The Balaban J connectivity index is 2.23. The van der Waals surface area contributed by atoms with Crippen molar-refractivity contribution < 1.29 is 9.53 Å². The van der Waals surface area contributed by atoms with E-state index in [1.165, 1.54) is 0 Å². The Hall–Kier alpha value is -1.36. The number of hydrogen-bond acceptors (Lipinski definition) is 3. The van der Waals surface area contributed by atoms with Crippen LogP contribution in [0.2, 0.25) is 0 Å². The number of rotatable bonds is 8. The third kappa shape index (κ3) is 5.31. The standard InChI is InChI=1S/C13H23N3O2/c1-4-6-11-9-12(16-15-11)13(17)14-7-5-8-18-10(2)3/h9-10H,4-8H2,1-3H3,(H,14,17)(H,15,16). The lowest BCUT2D eigenvalue weighted by Crippen LogP contribution is -2.25. The minimum atomic E-state index is -0.127. The average Bonchev–Trinajstić information content (AvgIpc) is 2.77. The maximum atomic E-state index is 11.7. The van der Waals surface area contributed by atoms with Crippen LogP contribution in [0.15, 0.2) is 6.07 Å². The number of aromatic nitrogens is 2. The molecular weight excluding hydrogens is 230 g/mol. The Kier molecular flexibility index (Phi) is 6.43. The Morgan fingerprint density at radius 1 is 1.56 bits per heavy atom. The molecule has 1 aromatic heterocycles. The summed E-state index contributed by atoms with van der Waals surface area (Å²) in [7, 11) is 0. The molecule has 0 aromatic carbocycles. The number of H-pyrrole nitrogens is 1. The number of aromatic amines is 1. The second-order valence-corrected chi connectivity index (χ2v) is 4.56. The van der Waals surface area contributed by atoms with Gasteiger partial charge in [-0.25, -0.2) is 0 Å². The predicted molar refractivity (Wildman–Crippen MR) is 70.6 cm³/mol. The predicted octanol–water partition coefficient (Wildman–Crippen LogP) is 1.91. The molecule has 1 aromatic rings. The summed E-state index contributed by atoms with van der Waals surface area (Å²) in [6, 6.07) is 1.81. The number of carbonyl (C=O) groups excluding carboxylic acids is 1. The van der Waals surface area contributed by atoms with Gasteiger partial charge in [-0.2, -0.15) is 5.10 Å². The molecule has 0 fully saturated rings. The van der Waals surface area contributed by atoms with E-state index in [1.807, 2.05) is 19.9 Å². The van der Waals surface area contributed by atoms with Crippen LogP contribution in [0.25, 0.3) is 0 Å². The Labute approximate surface area is 108 Å². The molecule has 0 atom stereocenters. The van der Waals surface area contributed by atoms with Crippen LogP contribution in [-0.4, -0.2) is 35.4 Å². The van der Waals surface area contributed by atoms with Crippen molar-refractivity contribution in [3.8, 4) is 0 Å². The molecule has 0 saturated carbocycles. The van der Waals surface area contributed by atoms with Crippen molar-refractivity contribution in [2.24, 2.45) is 0 Å². The number of nitrogens with zero attached hydrogens (tertiary/aromatic N) is 1. The van der Waals surface area contributed by atoms with Crippen LogP contribution in [0.5, 0.6) is 0 Å². The van der Waals surface area contributed by atoms with Gasteiger partial charge in [-0.05, 0) is 32.8 Å². The minimum Gasteiger partial charge on any atom is -0.379 e. The van der Waals surface area contributed by atoms with Crippen molar-refractivity contribution in [2.45, 2.75) is 46.1 Å².